The molecule has 2 aromatic rings. The largest absolute Gasteiger partial charge is 0.493 e. The number of halogens is 1. The van der Waals surface area contributed by atoms with Crippen LogP contribution in [0.3, 0.4) is 0 Å². The highest BCUT2D eigenvalue weighted by atomic mass is 32.1. The van der Waals surface area contributed by atoms with E-state index in [1.54, 1.807) is 12.1 Å². The molecule has 118 valence electrons. The van der Waals surface area contributed by atoms with Crippen molar-refractivity contribution in [1.82, 2.24) is 4.98 Å². The van der Waals surface area contributed by atoms with E-state index in [0.717, 1.165) is 11.4 Å². The number of carboxylic acid groups (broad SMARTS) is 1. The number of aryl methyl sites for hydroxylation is 2. The topological polar surface area (TPSA) is 59.4 Å². The van der Waals surface area contributed by atoms with E-state index in [9.17, 15) is 9.18 Å². The fourth-order valence-corrected chi connectivity index (χ4v) is 3.04. The summed E-state index contributed by atoms with van der Waals surface area (Å²) in [6.45, 7) is 2.44. The van der Waals surface area contributed by atoms with Crippen LogP contribution in [-0.2, 0) is 12.8 Å². The van der Waals surface area contributed by atoms with Crippen molar-refractivity contribution in [3.63, 3.8) is 0 Å². The fourth-order valence-electron chi connectivity index (χ4n) is 2.05. The van der Waals surface area contributed by atoms with Crippen LogP contribution in [0.1, 0.15) is 40.1 Å². The molecule has 0 spiro atoms. The normalized spacial score (nSPS) is 10.6. The van der Waals surface area contributed by atoms with Crippen molar-refractivity contribution >= 4 is 17.3 Å². The first-order valence-corrected chi connectivity index (χ1v) is 8.02. The van der Waals surface area contributed by atoms with E-state index >= 15 is 0 Å². The van der Waals surface area contributed by atoms with Gasteiger partial charge in [-0.05, 0) is 25.0 Å². The van der Waals surface area contributed by atoms with Gasteiger partial charge in [-0.1, -0.05) is 19.4 Å². The number of ether oxygens (including phenoxy) is 1. The minimum absolute atomic E-state index is 0.326. The smallest absolute Gasteiger partial charge is 0.347 e. The quantitative estimate of drug-likeness (QED) is 0.747. The molecular formula is C16H18FNO3S. The zero-order valence-corrected chi connectivity index (χ0v) is 13.2. The van der Waals surface area contributed by atoms with Crippen LogP contribution in [0.5, 0.6) is 5.75 Å². The number of thiazole rings is 1. The van der Waals surface area contributed by atoms with Crippen LogP contribution in [0.2, 0.25) is 0 Å². The number of rotatable bonds is 8. The van der Waals surface area contributed by atoms with Gasteiger partial charge < -0.3 is 9.84 Å². The molecule has 0 atom stereocenters. The molecule has 2 rings (SSSR count). The van der Waals surface area contributed by atoms with Gasteiger partial charge in [0.2, 0.25) is 0 Å². The van der Waals surface area contributed by atoms with E-state index in [1.807, 2.05) is 6.92 Å². The van der Waals surface area contributed by atoms with Crippen LogP contribution < -0.4 is 4.74 Å². The number of carboxylic acids is 1. The van der Waals surface area contributed by atoms with Crippen LogP contribution in [0.15, 0.2) is 24.3 Å². The monoisotopic (exact) mass is 323 g/mol. The molecule has 6 heteroatoms. The number of aromatic carboxylic acids is 1. The molecule has 0 aliphatic carbocycles. The lowest BCUT2D eigenvalue weighted by Crippen LogP contribution is -2.00. The Morgan fingerprint density at radius 2 is 2.23 bits per heavy atom. The summed E-state index contributed by atoms with van der Waals surface area (Å²) in [5, 5.41) is 9.97. The lowest BCUT2D eigenvalue weighted by molar-refractivity contribution is 0.0700. The van der Waals surface area contributed by atoms with Crippen molar-refractivity contribution in [3.05, 3.63) is 45.7 Å². The summed E-state index contributed by atoms with van der Waals surface area (Å²) in [5.41, 5.74) is 0.668. The fraction of sp³-hybridized carbons (Fsp3) is 0.375. The molecule has 1 aromatic heterocycles. The maximum absolute atomic E-state index is 13.0. The number of nitrogens with zero attached hydrogens (tertiary/aromatic N) is 1. The number of benzene rings is 1. The highest BCUT2D eigenvalue weighted by Gasteiger charge is 2.16. The summed E-state index contributed by atoms with van der Waals surface area (Å²) in [6, 6.07) is 6.01. The third-order valence-electron chi connectivity index (χ3n) is 3.02. The molecule has 1 heterocycles. The van der Waals surface area contributed by atoms with Gasteiger partial charge in [-0.3, -0.25) is 0 Å². The molecule has 0 unspecified atom stereocenters. The average Bonchev–Trinajstić information content (AvgIpc) is 2.87. The van der Waals surface area contributed by atoms with Gasteiger partial charge in [0.25, 0.3) is 0 Å². The average molecular weight is 323 g/mol. The third-order valence-corrected chi connectivity index (χ3v) is 4.17. The first-order valence-electron chi connectivity index (χ1n) is 7.20. The second-order valence-corrected chi connectivity index (χ2v) is 5.93. The summed E-state index contributed by atoms with van der Waals surface area (Å²) in [4.78, 5) is 15.9. The number of aromatic nitrogens is 1. The lowest BCUT2D eigenvalue weighted by atomic mass is 10.2. The van der Waals surface area contributed by atoms with Crippen molar-refractivity contribution < 1.29 is 19.0 Å². The maximum atomic E-state index is 13.0. The minimum atomic E-state index is -0.914. The molecule has 0 bridgehead atoms. The van der Waals surface area contributed by atoms with Crippen LogP contribution in [0, 0.1) is 5.82 Å². The Labute approximate surface area is 132 Å². The Kier molecular flexibility index (Phi) is 5.89. The summed E-state index contributed by atoms with van der Waals surface area (Å²) in [5.74, 6) is -0.743. The Bertz CT molecular complexity index is 642. The number of hydrogen-bond donors (Lipinski definition) is 1. The molecule has 1 aromatic carbocycles. The summed E-state index contributed by atoms with van der Waals surface area (Å²) in [7, 11) is 0. The predicted octanol–water partition coefficient (Wildman–Crippen LogP) is 3.94. The first kappa shape index (κ1) is 16.4. The van der Waals surface area contributed by atoms with E-state index in [-0.39, 0.29) is 5.82 Å². The van der Waals surface area contributed by atoms with Crippen molar-refractivity contribution in [3.8, 4) is 5.75 Å². The van der Waals surface area contributed by atoms with Crippen molar-refractivity contribution in [2.75, 3.05) is 6.61 Å². The third kappa shape index (κ3) is 4.53. The summed E-state index contributed by atoms with van der Waals surface area (Å²) >= 11 is 1.23. The maximum Gasteiger partial charge on any atom is 0.347 e. The zero-order chi connectivity index (χ0) is 15.9. The molecule has 22 heavy (non-hydrogen) atoms. The van der Waals surface area contributed by atoms with E-state index < -0.39 is 5.97 Å². The lowest BCUT2D eigenvalue weighted by Gasteiger charge is -2.04. The van der Waals surface area contributed by atoms with E-state index in [0.29, 0.717) is 42.2 Å². The van der Waals surface area contributed by atoms with E-state index in [4.69, 9.17) is 9.84 Å². The van der Waals surface area contributed by atoms with E-state index in [2.05, 4.69) is 4.98 Å². The second-order valence-electron chi connectivity index (χ2n) is 4.85. The van der Waals surface area contributed by atoms with Gasteiger partial charge in [-0.15, -0.1) is 11.3 Å². The molecular weight excluding hydrogens is 305 g/mol. The van der Waals surface area contributed by atoms with Gasteiger partial charge >= 0.3 is 5.97 Å². The van der Waals surface area contributed by atoms with Gasteiger partial charge in [0.1, 0.15) is 16.4 Å². The molecule has 1 N–H and O–H groups in total. The number of hydrogen-bond acceptors (Lipinski definition) is 4. The van der Waals surface area contributed by atoms with Crippen molar-refractivity contribution in [2.45, 2.75) is 32.6 Å². The zero-order valence-electron chi connectivity index (χ0n) is 12.3. The van der Waals surface area contributed by atoms with Gasteiger partial charge in [-0.2, -0.15) is 0 Å². The molecule has 0 aliphatic rings. The second kappa shape index (κ2) is 7.89. The molecule has 0 fully saturated rings. The van der Waals surface area contributed by atoms with Crippen molar-refractivity contribution in [1.29, 1.82) is 0 Å². The highest BCUT2D eigenvalue weighted by Crippen LogP contribution is 2.21. The van der Waals surface area contributed by atoms with Crippen LogP contribution in [0.4, 0.5) is 4.39 Å². The summed E-state index contributed by atoms with van der Waals surface area (Å²) in [6.07, 6.45) is 2.91. The van der Waals surface area contributed by atoms with Gasteiger partial charge in [0.15, 0.2) is 0 Å². The summed E-state index contributed by atoms with van der Waals surface area (Å²) < 4.78 is 18.5. The Morgan fingerprint density at radius 1 is 1.41 bits per heavy atom. The molecule has 0 aliphatic heterocycles. The first-order chi connectivity index (χ1) is 10.6. The van der Waals surface area contributed by atoms with Gasteiger partial charge in [0, 0.05) is 12.5 Å². The SMILES string of the molecule is CCCc1nc(CCCOc2cccc(F)c2)sc1C(=O)O. The van der Waals surface area contributed by atoms with Gasteiger partial charge in [-0.25, -0.2) is 14.2 Å². The highest BCUT2D eigenvalue weighted by molar-refractivity contribution is 7.13. The molecule has 0 radical (unpaired) electrons. The molecule has 0 saturated carbocycles. The van der Waals surface area contributed by atoms with Crippen molar-refractivity contribution in [2.24, 2.45) is 0 Å². The molecule has 0 saturated heterocycles. The molecule has 4 nitrogen and oxygen atoms in total. The number of carbonyl (C=O) groups is 1. The van der Waals surface area contributed by atoms with E-state index in [1.165, 1.54) is 23.5 Å². The molecule has 0 amide bonds. The van der Waals surface area contributed by atoms with Gasteiger partial charge in [0.05, 0.1) is 17.3 Å². The Balaban J connectivity index is 1.86. The minimum Gasteiger partial charge on any atom is -0.493 e. The van der Waals surface area contributed by atoms with Crippen LogP contribution in [0.25, 0.3) is 0 Å². The predicted molar refractivity (Wildman–Crippen MR) is 83.3 cm³/mol. The Morgan fingerprint density at radius 3 is 2.91 bits per heavy atom. The van der Waals surface area contributed by atoms with Crippen LogP contribution >= 0.6 is 11.3 Å². The standard InChI is InChI=1S/C16H18FNO3S/c1-2-5-13-15(16(19)20)22-14(18-13)8-4-9-21-12-7-3-6-11(17)10-12/h3,6-7,10H,2,4-5,8-9H2,1H3,(H,19,20). The van der Waals surface area contributed by atoms with Crippen LogP contribution in [-0.4, -0.2) is 22.7 Å². The Hall–Kier alpha value is -1.95.